The predicted octanol–water partition coefficient (Wildman–Crippen LogP) is 2.51. The lowest BCUT2D eigenvalue weighted by atomic mass is 9.95. The number of hydrogen-bond acceptors (Lipinski definition) is 4. The second kappa shape index (κ2) is 9.07. The quantitative estimate of drug-likeness (QED) is 0.840. The molecule has 5 nitrogen and oxygen atoms in total. The Morgan fingerprint density at radius 1 is 1.38 bits per heavy atom. The van der Waals surface area contributed by atoms with Crippen LogP contribution in [0.15, 0.2) is 42.6 Å². The highest BCUT2D eigenvalue weighted by atomic mass is 35.5. The molecule has 0 saturated carbocycles. The smallest absolute Gasteiger partial charge is 0.226 e. The average molecular weight is 378 g/mol. The van der Waals surface area contributed by atoms with E-state index < -0.39 is 5.82 Å². The van der Waals surface area contributed by atoms with Gasteiger partial charge in [-0.1, -0.05) is 23.7 Å². The van der Waals surface area contributed by atoms with Crippen LogP contribution in [-0.2, 0) is 16.0 Å². The Morgan fingerprint density at radius 3 is 3.04 bits per heavy atom. The fourth-order valence-electron chi connectivity index (χ4n) is 3.00. The van der Waals surface area contributed by atoms with Crippen molar-refractivity contribution in [3.8, 4) is 0 Å². The first kappa shape index (κ1) is 18.8. The van der Waals surface area contributed by atoms with Gasteiger partial charge < -0.3 is 15.4 Å². The van der Waals surface area contributed by atoms with Crippen LogP contribution in [0.1, 0.15) is 17.4 Å². The third kappa shape index (κ3) is 5.00. The van der Waals surface area contributed by atoms with E-state index in [1.165, 1.54) is 12.1 Å². The summed E-state index contributed by atoms with van der Waals surface area (Å²) in [6.07, 6.45) is 1.57. The normalized spacial score (nSPS) is 20.4. The van der Waals surface area contributed by atoms with Crippen molar-refractivity contribution < 1.29 is 13.9 Å². The molecule has 1 aliphatic heterocycles. The van der Waals surface area contributed by atoms with Crippen molar-refractivity contribution in [1.29, 1.82) is 0 Å². The number of pyridine rings is 1. The maximum Gasteiger partial charge on any atom is 0.226 e. The summed E-state index contributed by atoms with van der Waals surface area (Å²) in [7, 11) is 0. The summed E-state index contributed by atoms with van der Waals surface area (Å²) in [5.74, 6) is -0.595. The van der Waals surface area contributed by atoms with Crippen molar-refractivity contribution in [2.45, 2.75) is 12.5 Å². The van der Waals surface area contributed by atoms with Crippen LogP contribution in [0, 0.1) is 11.7 Å². The molecule has 7 heteroatoms. The number of hydrogen-bond donors (Lipinski definition) is 2. The number of halogens is 2. The van der Waals surface area contributed by atoms with E-state index >= 15 is 0 Å². The number of nitrogens with one attached hydrogen (secondary N) is 2. The second-order valence-corrected chi connectivity index (χ2v) is 6.64. The first-order valence-electron chi connectivity index (χ1n) is 8.57. The fourth-order valence-corrected chi connectivity index (χ4v) is 3.12. The Morgan fingerprint density at radius 2 is 2.27 bits per heavy atom. The predicted molar refractivity (Wildman–Crippen MR) is 97.4 cm³/mol. The van der Waals surface area contributed by atoms with Crippen molar-refractivity contribution in [3.05, 3.63) is 64.7 Å². The van der Waals surface area contributed by atoms with Crippen LogP contribution in [0.5, 0.6) is 0 Å². The summed E-state index contributed by atoms with van der Waals surface area (Å²) in [6, 6.07) is 10.2. The molecule has 0 radical (unpaired) electrons. The molecule has 1 amide bonds. The third-order valence-corrected chi connectivity index (χ3v) is 4.62. The Hall–Kier alpha value is -2.02. The Balaban J connectivity index is 1.65. The van der Waals surface area contributed by atoms with E-state index in [-0.39, 0.29) is 29.4 Å². The van der Waals surface area contributed by atoms with E-state index in [9.17, 15) is 9.18 Å². The lowest BCUT2D eigenvalue weighted by Crippen LogP contribution is -2.37. The van der Waals surface area contributed by atoms with Gasteiger partial charge in [0.1, 0.15) is 5.82 Å². The SMILES string of the molecule is O=C(Cc1ccccn1)NC[C@@H]1CNCCO[C@H]1c1ccc(Cl)c(F)c1. The summed E-state index contributed by atoms with van der Waals surface area (Å²) in [5, 5.41) is 6.31. The number of ether oxygens (including phenoxy) is 1. The van der Waals surface area contributed by atoms with Gasteiger partial charge in [0.2, 0.25) is 5.91 Å². The van der Waals surface area contributed by atoms with Gasteiger partial charge in [-0.2, -0.15) is 0 Å². The lowest BCUT2D eigenvalue weighted by molar-refractivity contribution is -0.120. The zero-order valence-electron chi connectivity index (χ0n) is 14.3. The van der Waals surface area contributed by atoms with Crippen LogP contribution in [-0.4, -0.2) is 37.1 Å². The van der Waals surface area contributed by atoms with Crippen molar-refractivity contribution >= 4 is 17.5 Å². The molecular formula is C19H21ClFN3O2. The molecule has 1 aromatic carbocycles. The first-order valence-corrected chi connectivity index (χ1v) is 8.95. The first-order chi connectivity index (χ1) is 12.6. The lowest BCUT2D eigenvalue weighted by Gasteiger charge is -2.25. The summed E-state index contributed by atoms with van der Waals surface area (Å²) in [6.45, 7) is 2.32. The standard InChI is InChI=1S/C19H21ClFN3O2/c20-16-5-4-13(9-17(16)21)19-14(11-22-7-8-26-19)12-24-18(25)10-15-3-1-2-6-23-15/h1-6,9,14,19,22H,7-8,10-12H2,(H,24,25)/t14-,19-/m0/s1. The molecule has 138 valence electrons. The van der Waals surface area contributed by atoms with Crippen molar-refractivity contribution in [2.24, 2.45) is 5.92 Å². The van der Waals surface area contributed by atoms with Crippen molar-refractivity contribution in [1.82, 2.24) is 15.6 Å². The van der Waals surface area contributed by atoms with Crippen LogP contribution >= 0.6 is 11.6 Å². The van der Waals surface area contributed by atoms with E-state index in [0.29, 0.717) is 26.2 Å². The minimum atomic E-state index is -0.470. The molecule has 0 bridgehead atoms. The minimum Gasteiger partial charge on any atom is -0.372 e. The molecule has 1 aromatic heterocycles. The monoisotopic (exact) mass is 377 g/mol. The van der Waals surface area contributed by atoms with Gasteiger partial charge in [0.05, 0.1) is 24.2 Å². The Bertz CT molecular complexity index is 745. The molecular weight excluding hydrogens is 357 g/mol. The highest BCUT2D eigenvalue weighted by molar-refractivity contribution is 6.30. The van der Waals surface area contributed by atoms with E-state index in [4.69, 9.17) is 16.3 Å². The van der Waals surface area contributed by atoms with Gasteiger partial charge in [-0.15, -0.1) is 0 Å². The molecule has 2 atom stereocenters. The number of benzene rings is 1. The molecule has 26 heavy (non-hydrogen) atoms. The van der Waals surface area contributed by atoms with Gasteiger partial charge in [-0.05, 0) is 29.8 Å². The van der Waals surface area contributed by atoms with E-state index in [2.05, 4.69) is 15.6 Å². The van der Waals surface area contributed by atoms with Gasteiger partial charge in [-0.3, -0.25) is 9.78 Å². The molecule has 0 spiro atoms. The van der Waals surface area contributed by atoms with Crippen LogP contribution in [0.3, 0.4) is 0 Å². The topological polar surface area (TPSA) is 63.2 Å². The number of nitrogens with zero attached hydrogens (tertiary/aromatic N) is 1. The minimum absolute atomic E-state index is 0.0224. The van der Waals surface area contributed by atoms with Crippen LogP contribution in [0.2, 0.25) is 5.02 Å². The molecule has 3 rings (SSSR count). The molecule has 2 heterocycles. The van der Waals surface area contributed by atoms with Gasteiger partial charge in [0.15, 0.2) is 0 Å². The van der Waals surface area contributed by atoms with Crippen LogP contribution in [0.4, 0.5) is 4.39 Å². The average Bonchev–Trinajstić information content (AvgIpc) is 2.89. The Labute approximate surface area is 156 Å². The maximum absolute atomic E-state index is 13.8. The van der Waals surface area contributed by atoms with E-state index in [0.717, 1.165) is 11.3 Å². The van der Waals surface area contributed by atoms with E-state index in [1.807, 2.05) is 18.2 Å². The number of carbonyl (C=O) groups excluding carboxylic acids is 1. The molecule has 2 aromatic rings. The number of carbonyl (C=O) groups is 1. The maximum atomic E-state index is 13.8. The highest BCUT2D eigenvalue weighted by Gasteiger charge is 2.27. The number of aromatic nitrogens is 1. The second-order valence-electron chi connectivity index (χ2n) is 6.23. The van der Waals surface area contributed by atoms with Crippen molar-refractivity contribution in [2.75, 3.05) is 26.2 Å². The van der Waals surface area contributed by atoms with Crippen LogP contribution < -0.4 is 10.6 Å². The zero-order valence-corrected chi connectivity index (χ0v) is 15.0. The molecule has 1 fully saturated rings. The molecule has 0 aliphatic carbocycles. The fraction of sp³-hybridized carbons (Fsp3) is 0.368. The van der Waals surface area contributed by atoms with Crippen molar-refractivity contribution in [3.63, 3.8) is 0 Å². The molecule has 1 saturated heterocycles. The summed E-state index contributed by atoms with van der Waals surface area (Å²) < 4.78 is 19.8. The van der Waals surface area contributed by atoms with E-state index in [1.54, 1.807) is 12.3 Å². The van der Waals surface area contributed by atoms with Crippen LogP contribution in [0.25, 0.3) is 0 Å². The number of rotatable bonds is 5. The van der Waals surface area contributed by atoms with Gasteiger partial charge in [-0.25, -0.2) is 4.39 Å². The highest BCUT2D eigenvalue weighted by Crippen LogP contribution is 2.29. The van der Waals surface area contributed by atoms with Gasteiger partial charge in [0.25, 0.3) is 0 Å². The molecule has 2 N–H and O–H groups in total. The van der Waals surface area contributed by atoms with Gasteiger partial charge in [0, 0.05) is 37.4 Å². The summed E-state index contributed by atoms with van der Waals surface area (Å²) in [4.78, 5) is 16.4. The number of amides is 1. The Kier molecular flexibility index (Phi) is 6.55. The summed E-state index contributed by atoms with van der Waals surface area (Å²) >= 11 is 5.78. The largest absolute Gasteiger partial charge is 0.372 e. The third-order valence-electron chi connectivity index (χ3n) is 4.31. The van der Waals surface area contributed by atoms with Gasteiger partial charge >= 0.3 is 0 Å². The zero-order chi connectivity index (χ0) is 18.4. The molecule has 1 aliphatic rings. The molecule has 0 unspecified atom stereocenters. The summed E-state index contributed by atoms with van der Waals surface area (Å²) in [5.41, 5.74) is 1.44.